The van der Waals surface area contributed by atoms with Gasteiger partial charge >= 0.3 is 11.1 Å². The molecule has 2 aromatic rings. The zero-order valence-electron chi connectivity index (χ0n) is 11.8. The molecule has 0 atom stereocenters. The molecule has 0 aliphatic heterocycles. The van der Waals surface area contributed by atoms with Crippen molar-refractivity contribution in [1.82, 2.24) is 14.8 Å². The SMILES string of the molecule is CCOc1ccc(N)cc1CSc1nc(=O)c(=O)[nH]n1C. The molecule has 7 nitrogen and oxygen atoms in total. The number of anilines is 1. The number of hydrogen-bond donors (Lipinski definition) is 2. The van der Waals surface area contributed by atoms with Crippen LogP contribution in [0.3, 0.4) is 0 Å². The zero-order valence-corrected chi connectivity index (χ0v) is 12.6. The van der Waals surface area contributed by atoms with Gasteiger partial charge in [0.05, 0.1) is 6.61 Å². The van der Waals surface area contributed by atoms with Crippen LogP contribution in [0.25, 0.3) is 0 Å². The zero-order chi connectivity index (χ0) is 15.4. The van der Waals surface area contributed by atoms with Crippen molar-refractivity contribution in [1.29, 1.82) is 0 Å². The topological polar surface area (TPSA) is 103 Å². The largest absolute Gasteiger partial charge is 0.494 e. The van der Waals surface area contributed by atoms with Crippen molar-refractivity contribution in [3.05, 3.63) is 44.5 Å². The molecule has 1 aromatic heterocycles. The minimum absolute atomic E-state index is 0.421. The lowest BCUT2D eigenvalue weighted by Gasteiger charge is -2.11. The van der Waals surface area contributed by atoms with E-state index >= 15 is 0 Å². The lowest BCUT2D eigenvalue weighted by molar-refractivity contribution is 0.337. The van der Waals surface area contributed by atoms with E-state index in [1.54, 1.807) is 13.1 Å². The number of nitrogens with zero attached hydrogens (tertiary/aromatic N) is 2. The molecule has 0 aliphatic carbocycles. The summed E-state index contributed by atoms with van der Waals surface area (Å²) in [7, 11) is 1.62. The number of nitrogens with one attached hydrogen (secondary N) is 1. The monoisotopic (exact) mass is 308 g/mol. The first-order chi connectivity index (χ1) is 10.0. The Morgan fingerprint density at radius 2 is 2.19 bits per heavy atom. The third-order valence-corrected chi connectivity index (χ3v) is 3.77. The number of ether oxygens (including phenoxy) is 1. The van der Waals surface area contributed by atoms with Gasteiger partial charge in [-0.2, -0.15) is 4.98 Å². The van der Waals surface area contributed by atoms with Crippen LogP contribution in [-0.2, 0) is 12.8 Å². The standard InChI is InChI=1S/C13H16N4O3S/c1-3-20-10-5-4-9(14)6-8(10)7-21-13-15-11(18)12(19)16-17(13)2/h4-6H,3,7,14H2,1-2H3,(H,16,19). The maximum Gasteiger partial charge on any atom is 0.339 e. The molecule has 0 amide bonds. The van der Waals surface area contributed by atoms with Gasteiger partial charge < -0.3 is 10.5 Å². The maximum absolute atomic E-state index is 11.3. The molecule has 0 bridgehead atoms. The highest BCUT2D eigenvalue weighted by molar-refractivity contribution is 7.98. The van der Waals surface area contributed by atoms with Gasteiger partial charge in [-0.1, -0.05) is 11.8 Å². The summed E-state index contributed by atoms with van der Waals surface area (Å²) in [5.41, 5.74) is 5.79. The predicted octanol–water partition coefficient (Wildman–Crippen LogP) is 0.742. The summed E-state index contributed by atoms with van der Waals surface area (Å²) in [6.07, 6.45) is 0. The molecule has 0 spiro atoms. The van der Waals surface area contributed by atoms with E-state index in [4.69, 9.17) is 10.5 Å². The van der Waals surface area contributed by atoms with Crippen molar-refractivity contribution in [2.75, 3.05) is 12.3 Å². The summed E-state index contributed by atoms with van der Waals surface area (Å²) in [4.78, 5) is 26.2. The first-order valence-corrected chi connectivity index (χ1v) is 7.31. The molecule has 112 valence electrons. The summed E-state index contributed by atoms with van der Waals surface area (Å²) < 4.78 is 6.96. The Hall–Kier alpha value is -2.22. The summed E-state index contributed by atoms with van der Waals surface area (Å²) in [6, 6.07) is 5.41. The Bertz CT molecular complexity index is 754. The second-order valence-corrected chi connectivity index (χ2v) is 5.23. The van der Waals surface area contributed by atoms with Crippen molar-refractivity contribution in [3.8, 4) is 5.75 Å². The molecule has 0 radical (unpaired) electrons. The third-order valence-electron chi connectivity index (χ3n) is 2.69. The second kappa shape index (κ2) is 6.49. The van der Waals surface area contributed by atoms with Crippen LogP contribution < -0.4 is 21.6 Å². The molecule has 0 aliphatic rings. The molecule has 0 saturated heterocycles. The average Bonchev–Trinajstić information content (AvgIpc) is 2.44. The number of H-pyrrole nitrogens is 1. The van der Waals surface area contributed by atoms with Crippen LogP contribution in [0.4, 0.5) is 5.69 Å². The molecule has 3 N–H and O–H groups in total. The minimum atomic E-state index is -0.798. The van der Waals surface area contributed by atoms with Crippen LogP contribution in [-0.4, -0.2) is 21.4 Å². The van der Waals surface area contributed by atoms with E-state index in [0.717, 1.165) is 11.3 Å². The normalized spacial score (nSPS) is 10.6. The number of nitrogens with two attached hydrogens (primary N) is 1. The van der Waals surface area contributed by atoms with E-state index in [1.807, 2.05) is 19.1 Å². The lowest BCUT2D eigenvalue weighted by Crippen LogP contribution is -2.33. The Balaban J connectivity index is 2.24. The highest BCUT2D eigenvalue weighted by atomic mass is 32.2. The van der Waals surface area contributed by atoms with E-state index in [-0.39, 0.29) is 0 Å². The van der Waals surface area contributed by atoms with Crippen LogP contribution in [0, 0.1) is 0 Å². The summed E-state index contributed by atoms with van der Waals surface area (Å²) >= 11 is 1.32. The maximum atomic E-state index is 11.3. The minimum Gasteiger partial charge on any atom is -0.494 e. The Morgan fingerprint density at radius 3 is 2.90 bits per heavy atom. The molecule has 0 saturated carbocycles. The molecule has 1 aromatic carbocycles. The van der Waals surface area contributed by atoms with E-state index in [2.05, 4.69) is 10.1 Å². The summed E-state index contributed by atoms with van der Waals surface area (Å²) in [6.45, 7) is 2.46. The molecule has 1 heterocycles. The van der Waals surface area contributed by atoms with E-state index in [0.29, 0.717) is 23.2 Å². The smallest absolute Gasteiger partial charge is 0.339 e. The van der Waals surface area contributed by atoms with Gasteiger partial charge in [0.2, 0.25) is 0 Å². The van der Waals surface area contributed by atoms with Gasteiger partial charge in [-0.15, -0.1) is 0 Å². The fourth-order valence-corrected chi connectivity index (χ4v) is 2.64. The number of thioether (sulfide) groups is 1. The van der Waals surface area contributed by atoms with Gasteiger partial charge in [0.1, 0.15) is 5.75 Å². The van der Waals surface area contributed by atoms with Crippen molar-refractivity contribution in [3.63, 3.8) is 0 Å². The fourth-order valence-electron chi connectivity index (χ4n) is 1.74. The number of rotatable bonds is 5. The quantitative estimate of drug-likeness (QED) is 0.480. The highest BCUT2D eigenvalue weighted by Crippen LogP contribution is 2.28. The van der Waals surface area contributed by atoms with Gasteiger partial charge in [0.25, 0.3) is 0 Å². The summed E-state index contributed by atoms with van der Waals surface area (Å²) in [5.74, 6) is 1.26. The third kappa shape index (κ3) is 3.66. The molecular formula is C13H16N4O3S. The molecule has 0 fully saturated rings. The number of benzene rings is 1. The Morgan fingerprint density at radius 1 is 1.43 bits per heavy atom. The molecular weight excluding hydrogens is 292 g/mol. The van der Waals surface area contributed by atoms with E-state index in [1.165, 1.54) is 16.4 Å². The lowest BCUT2D eigenvalue weighted by atomic mass is 10.2. The summed E-state index contributed by atoms with van der Waals surface area (Å²) in [5, 5.41) is 2.82. The van der Waals surface area contributed by atoms with Gasteiger partial charge in [-0.25, -0.2) is 0 Å². The van der Waals surface area contributed by atoms with Gasteiger partial charge in [0.15, 0.2) is 5.16 Å². The molecule has 0 unspecified atom stereocenters. The Labute approximate surface area is 125 Å². The van der Waals surface area contributed by atoms with Crippen LogP contribution in [0.15, 0.2) is 32.9 Å². The number of nitrogen functional groups attached to an aromatic ring is 1. The first-order valence-electron chi connectivity index (χ1n) is 6.32. The first kappa shape index (κ1) is 15.2. The van der Waals surface area contributed by atoms with Crippen LogP contribution in [0.2, 0.25) is 0 Å². The van der Waals surface area contributed by atoms with Crippen LogP contribution >= 0.6 is 11.8 Å². The molecule has 2 rings (SSSR count). The van der Waals surface area contributed by atoms with Gasteiger partial charge in [0, 0.05) is 24.1 Å². The predicted molar refractivity (Wildman–Crippen MR) is 81.7 cm³/mol. The van der Waals surface area contributed by atoms with Crippen molar-refractivity contribution in [2.24, 2.45) is 7.05 Å². The van der Waals surface area contributed by atoms with E-state index < -0.39 is 11.1 Å². The van der Waals surface area contributed by atoms with Crippen molar-refractivity contribution < 1.29 is 4.74 Å². The van der Waals surface area contributed by atoms with Crippen LogP contribution in [0.1, 0.15) is 12.5 Å². The second-order valence-electron chi connectivity index (χ2n) is 4.29. The Kier molecular flexibility index (Phi) is 4.69. The van der Waals surface area contributed by atoms with Crippen molar-refractivity contribution in [2.45, 2.75) is 17.8 Å². The molecule has 8 heteroatoms. The van der Waals surface area contributed by atoms with Crippen molar-refractivity contribution >= 4 is 17.4 Å². The highest BCUT2D eigenvalue weighted by Gasteiger charge is 2.09. The number of aromatic amines is 1. The van der Waals surface area contributed by atoms with Crippen LogP contribution in [0.5, 0.6) is 5.75 Å². The van der Waals surface area contributed by atoms with Gasteiger partial charge in [-0.3, -0.25) is 19.4 Å². The number of aromatic nitrogens is 3. The fraction of sp³-hybridized carbons (Fsp3) is 0.308. The number of hydrogen-bond acceptors (Lipinski definition) is 6. The van der Waals surface area contributed by atoms with E-state index in [9.17, 15) is 9.59 Å². The van der Waals surface area contributed by atoms with Gasteiger partial charge in [-0.05, 0) is 25.1 Å². The number of aryl methyl sites for hydroxylation is 1. The average molecular weight is 308 g/mol. The molecule has 21 heavy (non-hydrogen) atoms.